The van der Waals surface area contributed by atoms with Crippen LogP contribution in [0.15, 0.2) is 6.20 Å². The standard InChI is InChI=1S/C8H9ClF3N3/c9-7-6(13)3-14-15(7)5-1-4(2-5)8(10,11)12/h3-5H,1-2,13H2. The third-order valence-corrected chi connectivity index (χ3v) is 3.07. The maximum Gasteiger partial charge on any atom is 0.391 e. The van der Waals surface area contributed by atoms with E-state index in [0.717, 1.165) is 0 Å². The molecule has 0 amide bonds. The highest BCUT2D eigenvalue weighted by Gasteiger charge is 2.49. The van der Waals surface area contributed by atoms with Crippen LogP contribution in [0.5, 0.6) is 0 Å². The molecule has 1 aromatic heterocycles. The maximum absolute atomic E-state index is 12.2. The number of aromatic nitrogens is 2. The van der Waals surface area contributed by atoms with Crippen LogP contribution in [0.25, 0.3) is 0 Å². The monoisotopic (exact) mass is 239 g/mol. The van der Waals surface area contributed by atoms with Crippen molar-refractivity contribution in [1.82, 2.24) is 9.78 Å². The second-order valence-electron chi connectivity index (χ2n) is 3.70. The van der Waals surface area contributed by atoms with Crippen LogP contribution in [0.2, 0.25) is 5.15 Å². The third-order valence-electron chi connectivity index (χ3n) is 2.68. The number of hydrogen-bond donors (Lipinski definition) is 1. The van der Waals surface area contributed by atoms with Gasteiger partial charge in [-0.15, -0.1) is 0 Å². The van der Waals surface area contributed by atoms with E-state index in [-0.39, 0.29) is 24.0 Å². The zero-order valence-corrected chi connectivity index (χ0v) is 8.39. The summed E-state index contributed by atoms with van der Waals surface area (Å²) in [6, 6.07) is -0.276. The molecule has 0 saturated heterocycles. The first kappa shape index (κ1) is 10.6. The number of alkyl halides is 3. The van der Waals surface area contributed by atoms with Gasteiger partial charge in [0.2, 0.25) is 0 Å². The topological polar surface area (TPSA) is 43.8 Å². The molecule has 1 aliphatic rings. The van der Waals surface area contributed by atoms with E-state index in [0.29, 0.717) is 5.69 Å². The van der Waals surface area contributed by atoms with Crippen LogP contribution in [0.4, 0.5) is 18.9 Å². The summed E-state index contributed by atoms with van der Waals surface area (Å²) in [6.07, 6.45) is -2.69. The van der Waals surface area contributed by atoms with Gasteiger partial charge in [-0.3, -0.25) is 0 Å². The average Bonchev–Trinajstić information content (AvgIpc) is 2.30. The van der Waals surface area contributed by atoms with Gasteiger partial charge in [-0.25, -0.2) is 4.68 Å². The number of anilines is 1. The Morgan fingerprint density at radius 3 is 2.47 bits per heavy atom. The van der Waals surface area contributed by atoms with Gasteiger partial charge in [0.25, 0.3) is 0 Å². The van der Waals surface area contributed by atoms with Crippen molar-refractivity contribution in [1.29, 1.82) is 0 Å². The summed E-state index contributed by atoms with van der Waals surface area (Å²) in [5, 5.41) is 4.07. The summed E-state index contributed by atoms with van der Waals surface area (Å²) in [5.74, 6) is -1.23. The quantitative estimate of drug-likeness (QED) is 0.819. The normalized spacial score (nSPS) is 26.4. The molecule has 7 heteroatoms. The van der Waals surface area contributed by atoms with E-state index in [2.05, 4.69) is 5.10 Å². The van der Waals surface area contributed by atoms with E-state index < -0.39 is 12.1 Å². The number of nitrogens with zero attached hydrogens (tertiary/aromatic N) is 2. The van der Waals surface area contributed by atoms with Crippen LogP contribution in [-0.2, 0) is 0 Å². The first-order valence-corrected chi connectivity index (χ1v) is 4.82. The second kappa shape index (κ2) is 3.30. The lowest BCUT2D eigenvalue weighted by Gasteiger charge is -2.36. The minimum atomic E-state index is -4.11. The molecule has 3 nitrogen and oxygen atoms in total. The molecule has 1 aromatic rings. The Morgan fingerprint density at radius 1 is 1.47 bits per heavy atom. The zero-order chi connectivity index (χ0) is 11.2. The van der Waals surface area contributed by atoms with Crippen molar-refractivity contribution in [2.24, 2.45) is 5.92 Å². The molecule has 1 heterocycles. The van der Waals surface area contributed by atoms with Gasteiger partial charge in [0.1, 0.15) is 5.15 Å². The van der Waals surface area contributed by atoms with E-state index in [9.17, 15) is 13.2 Å². The van der Waals surface area contributed by atoms with Gasteiger partial charge in [0.05, 0.1) is 23.8 Å². The van der Waals surface area contributed by atoms with Crippen molar-refractivity contribution in [2.75, 3.05) is 5.73 Å². The molecular weight excluding hydrogens is 231 g/mol. The van der Waals surface area contributed by atoms with Crippen LogP contribution in [0, 0.1) is 5.92 Å². The van der Waals surface area contributed by atoms with E-state index in [1.54, 1.807) is 0 Å². The molecule has 0 spiro atoms. The predicted molar refractivity (Wildman–Crippen MR) is 49.5 cm³/mol. The summed E-state index contributed by atoms with van der Waals surface area (Å²) >= 11 is 5.77. The number of nitrogens with two attached hydrogens (primary N) is 1. The van der Waals surface area contributed by atoms with Gasteiger partial charge in [-0.05, 0) is 12.8 Å². The smallest absolute Gasteiger partial charge is 0.391 e. The van der Waals surface area contributed by atoms with Crippen molar-refractivity contribution in [3.8, 4) is 0 Å². The van der Waals surface area contributed by atoms with Crippen molar-refractivity contribution in [2.45, 2.75) is 25.1 Å². The first-order chi connectivity index (χ1) is 6.89. The summed E-state index contributed by atoms with van der Waals surface area (Å²) in [4.78, 5) is 0. The lowest BCUT2D eigenvalue weighted by Crippen LogP contribution is -2.37. The molecular formula is C8H9ClF3N3. The van der Waals surface area contributed by atoms with Crippen LogP contribution >= 0.6 is 11.6 Å². The Hall–Kier alpha value is -0.910. The molecule has 0 aliphatic heterocycles. The largest absolute Gasteiger partial charge is 0.395 e. The number of rotatable bonds is 1. The molecule has 0 aromatic carbocycles. The lowest BCUT2D eigenvalue weighted by molar-refractivity contribution is -0.203. The fraction of sp³-hybridized carbons (Fsp3) is 0.625. The molecule has 0 radical (unpaired) electrons. The molecule has 84 valence electrons. The minimum absolute atomic E-state index is 0.0321. The number of nitrogen functional groups attached to an aromatic ring is 1. The fourth-order valence-electron chi connectivity index (χ4n) is 1.67. The zero-order valence-electron chi connectivity index (χ0n) is 7.63. The molecule has 2 rings (SSSR count). The molecule has 15 heavy (non-hydrogen) atoms. The summed E-state index contributed by atoms with van der Waals surface area (Å²) in [7, 11) is 0. The lowest BCUT2D eigenvalue weighted by atomic mass is 9.80. The van der Waals surface area contributed by atoms with Crippen LogP contribution < -0.4 is 5.73 Å². The van der Waals surface area contributed by atoms with E-state index in [4.69, 9.17) is 17.3 Å². The Bertz CT molecular complexity index is 368. The Labute approximate surface area is 89.0 Å². The maximum atomic E-state index is 12.2. The number of hydrogen-bond acceptors (Lipinski definition) is 2. The Balaban J connectivity index is 2.04. The Morgan fingerprint density at radius 2 is 2.07 bits per heavy atom. The highest BCUT2D eigenvalue weighted by molar-refractivity contribution is 6.32. The van der Waals surface area contributed by atoms with Gasteiger partial charge in [0.15, 0.2) is 0 Å². The Kier molecular flexibility index (Phi) is 2.33. The molecule has 0 atom stereocenters. The third kappa shape index (κ3) is 1.78. The molecule has 1 aliphatic carbocycles. The van der Waals surface area contributed by atoms with Gasteiger partial charge >= 0.3 is 6.18 Å². The van der Waals surface area contributed by atoms with Crippen LogP contribution in [0.1, 0.15) is 18.9 Å². The van der Waals surface area contributed by atoms with Crippen molar-refractivity contribution in [3.05, 3.63) is 11.3 Å². The van der Waals surface area contributed by atoms with Gasteiger partial charge in [0, 0.05) is 0 Å². The fourth-order valence-corrected chi connectivity index (χ4v) is 1.90. The van der Waals surface area contributed by atoms with Crippen LogP contribution in [0.3, 0.4) is 0 Å². The van der Waals surface area contributed by atoms with E-state index >= 15 is 0 Å². The minimum Gasteiger partial charge on any atom is -0.395 e. The molecule has 2 N–H and O–H groups in total. The number of halogens is 4. The molecule has 1 saturated carbocycles. The molecule has 0 bridgehead atoms. The average molecular weight is 240 g/mol. The van der Waals surface area contributed by atoms with Crippen LogP contribution in [-0.4, -0.2) is 16.0 Å². The van der Waals surface area contributed by atoms with Crippen molar-refractivity contribution < 1.29 is 13.2 Å². The first-order valence-electron chi connectivity index (χ1n) is 4.44. The van der Waals surface area contributed by atoms with Gasteiger partial charge in [-0.2, -0.15) is 18.3 Å². The summed E-state index contributed by atoms with van der Waals surface area (Å²) in [6.45, 7) is 0. The highest BCUT2D eigenvalue weighted by Crippen LogP contribution is 2.47. The summed E-state index contributed by atoms with van der Waals surface area (Å²) < 4.78 is 38.0. The van der Waals surface area contributed by atoms with E-state index in [1.807, 2.05) is 0 Å². The van der Waals surface area contributed by atoms with Crippen molar-refractivity contribution >= 4 is 17.3 Å². The highest BCUT2D eigenvalue weighted by atomic mass is 35.5. The SMILES string of the molecule is Nc1cnn(C2CC(C(F)(F)F)C2)c1Cl. The molecule has 0 unspecified atom stereocenters. The van der Waals surface area contributed by atoms with Gasteiger partial charge in [-0.1, -0.05) is 11.6 Å². The second-order valence-corrected chi connectivity index (χ2v) is 4.06. The molecule has 1 fully saturated rings. The van der Waals surface area contributed by atoms with Gasteiger partial charge < -0.3 is 5.73 Å². The van der Waals surface area contributed by atoms with E-state index in [1.165, 1.54) is 10.9 Å². The summed E-state index contributed by atoms with van der Waals surface area (Å²) in [5.41, 5.74) is 5.74. The van der Waals surface area contributed by atoms with Crippen molar-refractivity contribution in [3.63, 3.8) is 0 Å². The predicted octanol–water partition coefficient (Wildman–Crippen LogP) is 2.63.